The molecule has 0 saturated heterocycles. The Hall–Kier alpha value is -2.49. The van der Waals surface area contributed by atoms with Gasteiger partial charge in [-0.2, -0.15) is 0 Å². The second kappa shape index (κ2) is 11.6. The van der Waals surface area contributed by atoms with Gasteiger partial charge in [0.2, 0.25) is 0 Å². The van der Waals surface area contributed by atoms with Gasteiger partial charge in [0.05, 0.1) is 17.3 Å². The number of carbonyl (C=O) groups is 2. The monoisotopic (exact) mass is 569 g/mol. The molecule has 33 heavy (non-hydrogen) atoms. The Labute approximate surface area is 209 Å². The van der Waals surface area contributed by atoms with Crippen LogP contribution >= 0.6 is 22.6 Å². The van der Waals surface area contributed by atoms with Crippen molar-refractivity contribution in [2.45, 2.75) is 58.8 Å². The Balaban J connectivity index is 2.13. The summed E-state index contributed by atoms with van der Waals surface area (Å²) >= 11 is 2.20. The van der Waals surface area contributed by atoms with Crippen LogP contribution in [0.5, 0.6) is 11.5 Å². The van der Waals surface area contributed by atoms with Crippen LogP contribution in [-0.4, -0.2) is 36.9 Å². The number of benzene rings is 2. The third-order valence-corrected chi connectivity index (χ3v) is 5.45. The number of amides is 1. The molecule has 2 aromatic rings. The van der Waals surface area contributed by atoms with E-state index >= 15 is 0 Å². The Morgan fingerprint density at radius 3 is 2.18 bits per heavy atom. The van der Waals surface area contributed by atoms with Gasteiger partial charge in [-0.15, -0.1) is 0 Å². The van der Waals surface area contributed by atoms with E-state index in [0.29, 0.717) is 6.61 Å². The Bertz CT molecular complexity index is 954. The summed E-state index contributed by atoms with van der Waals surface area (Å²) in [5, 5.41) is 2.69. The van der Waals surface area contributed by atoms with E-state index in [9.17, 15) is 9.59 Å². The first-order valence-electron chi connectivity index (χ1n) is 10.7. The quantitative estimate of drug-likeness (QED) is 0.328. The van der Waals surface area contributed by atoms with Gasteiger partial charge in [-0.3, -0.25) is 0 Å². The van der Waals surface area contributed by atoms with Crippen LogP contribution < -0.4 is 14.8 Å². The molecule has 2 aromatic carbocycles. The standard InChI is InChI=1S/C25H32INO6/c1-7-31-22(28)25(5,27-23(29)33-24(2,3)4)15-18-10-13-21(20(26)14-18)32-16-17-8-11-19(30-6)12-9-17/h8-14H,7,15-16H2,1-6H3,(H,27,29)/t25-/m0/s1. The van der Waals surface area contributed by atoms with E-state index < -0.39 is 23.2 Å². The fourth-order valence-corrected chi connectivity index (χ4v) is 3.78. The van der Waals surface area contributed by atoms with Crippen molar-refractivity contribution in [2.24, 2.45) is 0 Å². The molecule has 0 aliphatic heterocycles. The summed E-state index contributed by atoms with van der Waals surface area (Å²) in [6.07, 6.45) is -0.438. The molecule has 0 heterocycles. The molecule has 1 atom stereocenters. The lowest BCUT2D eigenvalue weighted by atomic mass is 9.93. The molecule has 1 amide bonds. The van der Waals surface area contributed by atoms with E-state index in [1.807, 2.05) is 42.5 Å². The third-order valence-electron chi connectivity index (χ3n) is 4.61. The third kappa shape index (κ3) is 8.42. The molecule has 0 aliphatic carbocycles. The van der Waals surface area contributed by atoms with Crippen molar-refractivity contribution < 1.29 is 28.5 Å². The van der Waals surface area contributed by atoms with Gasteiger partial charge in [0, 0.05) is 6.42 Å². The molecule has 0 bridgehead atoms. The summed E-state index contributed by atoms with van der Waals surface area (Å²) in [7, 11) is 1.63. The highest BCUT2D eigenvalue weighted by Gasteiger charge is 2.38. The van der Waals surface area contributed by atoms with Crippen molar-refractivity contribution in [3.63, 3.8) is 0 Å². The lowest BCUT2D eigenvalue weighted by Crippen LogP contribution is -2.55. The SMILES string of the molecule is CCOC(=O)[C@](C)(Cc1ccc(OCc2ccc(OC)cc2)c(I)c1)NC(=O)OC(C)(C)C. The number of nitrogens with one attached hydrogen (secondary N) is 1. The van der Waals surface area contributed by atoms with Crippen LogP contribution in [0.4, 0.5) is 4.79 Å². The van der Waals surface area contributed by atoms with Crippen LogP contribution in [0.25, 0.3) is 0 Å². The molecule has 0 aromatic heterocycles. The van der Waals surface area contributed by atoms with E-state index in [1.165, 1.54) is 0 Å². The Kier molecular flexibility index (Phi) is 9.39. The second-order valence-electron chi connectivity index (χ2n) is 8.76. The number of rotatable bonds is 9. The van der Waals surface area contributed by atoms with Gasteiger partial charge in [-0.05, 0) is 92.6 Å². The lowest BCUT2D eigenvalue weighted by molar-refractivity contribution is -0.150. The smallest absolute Gasteiger partial charge is 0.408 e. The van der Waals surface area contributed by atoms with Gasteiger partial charge in [0.1, 0.15) is 29.2 Å². The first-order chi connectivity index (χ1) is 15.5. The van der Waals surface area contributed by atoms with Crippen LogP contribution in [0.15, 0.2) is 42.5 Å². The summed E-state index contributed by atoms with van der Waals surface area (Å²) in [5.74, 6) is 1.00. The van der Waals surface area contributed by atoms with Crippen LogP contribution in [0.2, 0.25) is 0 Å². The maximum absolute atomic E-state index is 12.7. The highest BCUT2D eigenvalue weighted by atomic mass is 127. The van der Waals surface area contributed by atoms with Crippen LogP contribution in [-0.2, 0) is 27.3 Å². The van der Waals surface area contributed by atoms with Crippen molar-refractivity contribution in [3.05, 3.63) is 57.2 Å². The fourth-order valence-electron chi connectivity index (χ4n) is 3.05. The number of hydrogen-bond donors (Lipinski definition) is 1. The normalized spacial score (nSPS) is 12.9. The van der Waals surface area contributed by atoms with Crippen molar-refractivity contribution in [1.82, 2.24) is 5.32 Å². The summed E-state index contributed by atoms with van der Waals surface area (Å²) in [6.45, 7) is 9.28. The van der Waals surface area contributed by atoms with Crippen LogP contribution in [0.3, 0.4) is 0 Å². The van der Waals surface area contributed by atoms with Gasteiger partial charge in [0.15, 0.2) is 0 Å². The van der Waals surface area contributed by atoms with Crippen molar-refractivity contribution in [1.29, 1.82) is 0 Å². The maximum Gasteiger partial charge on any atom is 0.408 e. The van der Waals surface area contributed by atoms with Crippen LogP contribution in [0.1, 0.15) is 45.7 Å². The number of methoxy groups -OCH3 is 1. The summed E-state index contributed by atoms with van der Waals surface area (Å²) < 4.78 is 22.6. The largest absolute Gasteiger partial charge is 0.497 e. The number of hydrogen-bond acceptors (Lipinski definition) is 6. The van der Waals surface area contributed by atoms with Gasteiger partial charge in [0.25, 0.3) is 0 Å². The molecule has 8 heteroatoms. The molecule has 2 rings (SSSR count). The molecular weight excluding hydrogens is 537 g/mol. The maximum atomic E-state index is 12.7. The van der Waals surface area contributed by atoms with E-state index in [2.05, 4.69) is 27.9 Å². The highest BCUT2D eigenvalue weighted by Crippen LogP contribution is 2.26. The molecule has 7 nitrogen and oxygen atoms in total. The van der Waals surface area contributed by atoms with Gasteiger partial charge >= 0.3 is 12.1 Å². The molecular formula is C25H32INO6. The van der Waals surface area contributed by atoms with E-state index in [0.717, 1.165) is 26.2 Å². The zero-order valence-electron chi connectivity index (χ0n) is 20.0. The molecule has 180 valence electrons. The van der Waals surface area contributed by atoms with Crippen molar-refractivity contribution >= 4 is 34.7 Å². The fraction of sp³-hybridized carbons (Fsp3) is 0.440. The van der Waals surface area contributed by atoms with Gasteiger partial charge < -0.3 is 24.3 Å². The Morgan fingerprint density at radius 2 is 1.64 bits per heavy atom. The summed E-state index contributed by atoms with van der Waals surface area (Å²) in [4.78, 5) is 25.1. The molecule has 0 radical (unpaired) electrons. The molecule has 0 unspecified atom stereocenters. The predicted molar refractivity (Wildman–Crippen MR) is 135 cm³/mol. The lowest BCUT2D eigenvalue weighted by Gasteiger charge is -2.30. The summed E-state index contributed by atoms with van der Waals surface area (Å²) in [6, 6.07) is 13.3. The van der Waals surface area contributed by atoms with E-state index in [1.54, 1.807) is 41.7 Å². The zero-order valence-corrected chi connectivity index (χ0v) is 22.1. The molecule has 0 aliphatic rings. The summed E-state index contributed by atoms with van der Waals surface area (Å²) in [5.41, 5.74) is -0.0972. The van der Waals surface area contributed by atoms with Crippen molar-refractivity contribution in [3.8, 4) is 11.5 Å². The first-order valence-corrected chi connectivity index (χ1v) is 11.8. The minimum atomic E-state index is -1.28. The molecule has 0 saturated carbocycles. The number of alkyl carbamates (subject to hydrolysis) is 1. The minimum Gasteiger partial charge on any atom is -0.497 e. The number of ether oxygens (including phenoxy) is 4. The first kappa shape index (κ1) is 26.8. The van der Waals surface area contributed by atoms with Crippen molar-refractivity contribution in [2.75, 3.05) is 13.7 Å². The average Bonchev–Trinajstić information content (AvgIpc) is 2.72. The van der Waals surface area contributed by atoms with Gasteiger partial charge in [-0.25, -0.2) is 9.59 Å². The minimum absolute atomic E-state index is 0.208. The molecule has 0 spiro atoms. The molecule has 0 fully saturated rings. The number of esters is 1. The zero-order chi connectivity index (χ0) is 24.6. The van der Waals surface area contributed by atoms with Crippen LogP contribution in [0, 0.1) is 3.57 Å². The predicted octanol–water partition coefficient (Wildman–Crippen LogP) is 5.27. The average molecular weight is 569 g/mol. The topological polar surface area (TPSA) is 83.1 Å². The van der Waals surface area contributed by atoms with Gasteiger partial charge in [-0.1, -0.05) is 18.2 Å². The van der Waals surface area contributed by atoms with E-state index in [-0.39, 0.29) is 13.0 Å². The number of carbonyl (C=O) groups excluding carboxylic acids is 2. The molecule has 1 N–H and O–H groups in total. The number of halogens is 1. The Morgan fingerprint density at radius 1 is 1.00 bits per heavy atom. The van der Waals surface area contributed by atoms with E-state index in [4.69, 9.17) is 18.9 Å². The second-order valence-corrected chi connectivity index (χ2v) is 9.92. The highest BCUT2D eigenvalue weighted by molar-refractivity contribution is 14.1.